The van der Waals surface area contributed by atoms with Crippen LogP contribution in [0.3, 0.4) is 0 Å². The molecule has 2 aromatic rings. The van der Waals surface area contributed by atoms with Gasteiger partial charge in [-0.3, -0.25) is 14.0 Å². The maximum Gasteiger partial charge on any atom is 0.341 e. The lowest BCUT2D eigenvalue weighted by molar-refractivity contribution is -0.122. The number of nitrogens with zero attached hydrogens (tertiary/aromatic N) is 2. The van der Waals surface area contributed by atoms with E-state index in [1.54, 1.807) is 13.8 Å². The third-order valence-corrected chi connectivity index (χ3v) is 5.95. The molecular weight excluding hydrogens is 391 g/mol. The first-order chi connectivity index (χ1) is 14.2. The Morgan fingerprint density at radius 2 is 2.03 bits per heavy atom. The molecule has 1 saturated heterocycles. The van der Waals surface area contributed by atoms with E-state index in [0.717, 1.165) is 29.0 Å². The number of carboxylic acids is 1. The second-order valence-corrected chi connectivity index (χ2v) is 8.30. The normalized spacial score (nSPS) is 19.9. The highest BCUT2D eigenvalue weighted by Crippen LogP contribution is 2.44. The number of aromatic carboxylic acids is 1. The first kappa shape index (κ1) is 20.3. The molecule has 0 radical (unpaired) electrons. The molecule has 2 aromatic heterocycles. The molecule has 8 nitrogen and oxygen atoms in total. The van der Waals surface area contributed by atoms with Crippen molar-refractivity contribution in [2.75, 3.05) is 18.0 Å². The Kier molecular flexibility index (Phi) is 5.01. The van der Waals surface area contributed by atoms with E-state index in [1.165, 1.54) is 6.07 Å². The van der Waals surface area contributed by atoms with Gasteiger partial charge >= 0.3 is 5.97 Å². The summed E-state index contributed by atoms with van der Waals surface area (Å²) < 4.78 is 16.3. The van der Waals surface area contributed by atoms with Crippen molar-refractivity contribution >= 4 is 23.1 Å². The number of nitrogens with one attached hydrogen (secondary N) is 1. The lowest BCUT2D eigenvalue weighted by Crippen LogP contribution is -2.45. The van der Waals surface area contributed by atoms with Gasteiger partial charge < -0.3 is 21.1 Å². The van der Waals surface area contributed by atoms with Crippen LogP contribution < -0.4 is 21.5 Å². The molecule has 1 aliphatic carbocycles. The number of halogens is 1. The lowest BCUT2D eigenvalue weighted by atomic mass is 10.0. The minimum Gasteiger partial charge on any atom is -0.477 e. The van der Waals surface area contributed by atoms with Gasteiger partial charge in [0.05, 0.1) is 23.4 Å². The number of carbonyl (C=O) groups is 2. The molecule has 2 atom stereocenters. The number of rotatable bonds is 5. The molecule has 1 amide bonds. The van der Waals surface area contributed by atoms with Crippen molar-refractivity contribution in [2.24, 2.45) is 5.73 Å². The number of aromatic nitrogens is 1. The predicted molar refractivity (Wildman–Crippen MR) is 110 cm³/mol. The van der Waals surface area contributed by atoms with E-state index in [4.69, 9.17) is 5.73 Å². The second kappa shape index (κ2) is 7.39. The number of anilines is 1. The Labute approximate surface area is 172 Å². The second-order valence-electron chi connectivity index (χ2n) is 8.30. The van der Waals surface area contributed by atoms with Gasteiger partial charge in [0.1, 0.15) is 5.56 Å². The Bertz CT molecular complexity index is 1110. The summed E-state index contributed by atoms with van der Waals surface area (Å²) in [6.45, 7) is 4.35. The summed E-state index contributed by atoms with van der Waals surface area (Å²) in [4.78, 5) is 38.0. The number of fused-ring (bicyclic) bond motifs is 1. The molecule has 9 heteroatoms. The van der Waals surface area contributed by atoms with Crippen LogP contribution in [0.2, 0.25) is 0 Å². The number of carboxylic acid groups (broad SMARTS) is 1. The van der Waals surface area contributed by atoms with Crippen molar-refractivity contribution < 1.29 is 19.1 Å². The van der Waals surface area contributed by atoms with Gasteiger partial charge in [-0.25, -0.2) is 9.18 Å². The fraction of sp³-hybridized carbons (Fsp3) is 0.476. The van der Waals surface area contributed by atoms with E-state index >= 15 is 4.39 Å². The summed E-state index contributed by atoms with van der Waals surface area (Å²) in [5.74, 6) is -1.98. The zero-order valence-corrected chi connectivity index (χ0v) is 16.9. The quantitative estimate of drug-likeness (QED) is 0.678. The lowest BCUT2D eigenvalue weighted by Gasteiger charge is -2.24. The minimum absolute atomic E-state index is 0.141. The molecule has 160 valence electrons. The summed E-state index contributed by atoms with van der Waals surface area (Å²) in [5.41, 5.74) is 6.86. The molecule has 30 heavy (non-hydrogen) atoms. The number of aryl methyl sites for hydroxylation is 1. The molecule has 0 aromatic carbocycles. The molecule has 0 unspecified atom stereocenters. The van der Waals surface area contributed by atoms with Crippen molar-refractivity contribution in [3.8, 4) is 0 Å². The zero-order chi connectivity index (χ0) is 21.7. The van der Waals surface area contributed by atoms with Gasteiger partial charge in [-0.2, -0.15) is 0 Å². The van der Waals surface area contributed by atoms with Crippen molar-refractivity contribution in [1.82, 2.24) is 9.72 Å². The van der Waals surface area contributed by atoms with Crippen LogP contribution in [-0.2, 0) is 4.79 Å². The Balaban J connectivity index is 1.78. The number of hydrogen-bond acceptors (Lipinski definition) is 5. The molecule has 4 N–H and O–H groups in total. The van der Waals surface area contributed by atoms with Crippen LogP contribution in [0.15, 0.2) is 17.1 Å². The fourth-order valence-electron chi connectivity index (χ4n) is 4.30. The molecule has 0 bridgehead atoms. The number of carbonyl (C=O) groups excluding carboxylic acids is 1. The molecule has 1 aliphatic heterocycles. The van der Waals surface area contributed by atoms with Gasteiger partial charge in [-0.05, 0) is 56.2 Å². The molecule has 2 fully saturated rings. The average Bonchev–Trinajstić information content (AvgIpc) is 3.42. The maximum absolute atomic E-state index is 15.2. The van der Waals surface area contributed by atoms with Crippen LogP contribution in [0.5, 0.6) is 0 Å². The van der Waals surface area contributed by atoms with Gasteiger partial charge in [0.15, 0.2) is 5.82 Å². The molecular formula is C21H25FN4O4. The smallest absolute Gasteiger partial charge is 0.341 e. The van der Waals surface area contributed by atoms with Gasteiger partial charge in [-0.1, -0.05) is 0 Å². The summed E-state index contributed by atoms with van der Waals surface area (Å²) in [6.07, 6.45) is 3.57. The Morgan fingerprint density at radius 1 is 1.33 bits per heavy atom. The van der Waals surface area contributed by atoms with E-state index in [-0.39, 0.29) is 23.4 Å². The number of nitrogens with two attached hydrogens (primary N) is 1. The largest absolute Gasteiger partial charge is 0.477 e. The molecule has 3 heterocycles. The first-order valence-corrected chi connectivity index (χ1v) is 10.1. The highest BCUT2D eigenvalue weighted by Gasteiger charge is 2.32. The summed E-state index contributed by atoms with van der Waals surface area (Å²) >= 11 is 0. The van der Waals surface area contributed by atoms with Crippen molar-refractivity contribution in [3.63, 3.8) is 0 Å². The highest BCUT2D eigenvalue weighted by atomic mass is 19.1. The van der Waals surface area contributed by atoms with Crippen LogP contribution in [-0.4, -0.2) is 46.6 Å². The van der Waals surface area contributed by atoms with Crippen LogP contribution in [0.1, 0.15) is 53.6 Å². The van der Waals surface area contributed by atoms with E-state index in [2.05, 4.69) is 5.32 Å². The van der Waals surface area contributed by atoms with Crippen molar-refractivity contribution in [3.05, 3.63) is 45.1 Å². The summed E-state index contributed by atoms with van der Waals surface area (Å²) in [6, 6.07) is 0.690. The van der Waals surface area contributed by atoms with Crippen LogP contribution >= 0.6 is 0 Å². The SMILES string of the molecule is Cc1c(N2CC[C@H](NC(=O)[C@H](C)N)C2)c(F)cn2c(=O)c(C(=O)O)cc(C3CC3)c12. The van der Waals surface area contributed by atoms with E-state index in [9.17, 15) is 19.5 Å². The number of pyridine rings is 2. The first-order valence-electron chi connectivity index (χ1n) is 10.1. The average molecular weight is 416 g/mol. The van der Waals surface area contributed by atoms with Gasteiger partial charge in [0.25, 0.3) is 5.56 Å². The molecule has 4 rings (SSSR count). The van der Waals surface area contributed by atoms with E-state index in [1.807, 2.05) is 4.90 Å². The maximum atomic E-state index is 15.2. The summed E-state index contributed by atoms with van der Waals surface area (Å²) in [5, 5.41) is 12.3. The molecule has 2 aliphatic rings. The zero-order valence-electron chi connectivity index (χ0n) is 16.9. The minimum atomic E-state index is -1.31. The van der Waals surface area contributed by atoms with Gasteiger partial charge in [0.2, 0.25) is 5.91 Å². The fourth-order valence-corrected chi connectivity index (χ4v) is 4.30. The summed E-state index contributed by atoms with van der Waals surface area (Å²) in [7, 11) is 0. The molecule has 1 saturated carbocycles. The van der Waals surface area contributed by atoms with Crippen molar-refractivity contribution in [2.45, 2.75) is 51.1 Å². The third kappa shape index (κ3) is 3.43. The Morgan fingerprint density at radius 3 is 2.63 bits per heavy atom. The standard InChI is InChI=1S/C21H25FN4O4/c1-10-17-14(12-3-4-12)7-15(21(29)30)20(28)26(17)9-16(22)18(10)25-6-5-13(8-25)24-19(27)11(2)23/h7,9,11-13H,3-6,8,23H2,1-2H3,(H,24,27)(H,29,30)/t11-,13-/m0/s1. The van der Waals surface area contributed by atoms with E-state index in [0.29, 0.717) is 36.3 Å². The monoisotopic (exact) mass is 416 g/mol. The van der Waals surface area contributed by atoms with E-state index < -0.39 is 23.4 Å². The third-order valence-electron chi connectivity index (χ3n) is 5.95. The van der Waals surface area contributed by atoms with Gasteiger partial charge in [-0.15, -0.1) is 0 Å². The van der Waals surface area contributed by atoms with Gasteiger partial charge in [0, 0.05) is 19.1 Å². The predicted octanol–water partition coefficient (Wildman–Crippen LogP) is 1.36. The number of amides is 1. The molecule has 0 spiro atoms. The number of hydrogen-bond donors (Lipinski definition) is 3. The van der Waals surface area contributed by atoms with Crippen LogP contribution in [0.25, 0.3) is 5.52 Å². The van der Waals surface area contributed by atoms with Crippen molar-refractivity contribution in [1.29, 1.82) is 0 Å². The van der Waals surface area contributed by atoms with Crippen LogP contribution in [0, 0.1) is 12.7 Å². The highest BCUT2D eigenvalue weighted by molar-refractivity contribution is 5.89. The Hall–Kier alpha value is -2.94. The topological polar surface area (TPSA) is 117 Å². The van der Waals surface area contributed by atoms with Crippen LogP contribution in [0.4, 0.5) is 10.1 Å².